The number of anilines is 1. The fourth-order valence-corrected chi connectivity index (χ4v) is 1.22. The Morgan fingerprint density at radius 2 is 2.09 bits per heavy atom. The van der Waals surface area contributed by atoms with Gasteiger partial charge in [0.25, 0.3) is 0 Å². The van der Waals surface area contributed by atoms with Crippen LogP contribution in [0.5, 0.6) is 0 Å². The van der Waals surface area contributed by atoms with Crippen LogP contribution in [-0.4, -0.2) is 7.05 Å². The van der Waals surface area contributed by atoms with Gasteiger partial charge in [-0.3, -0.25) is 0 Å². The molecule has 1 heterocycles. The quantitative estimate of drug-likeness (QED) is 0.537. The number of hydrogen-bond acceptors (Lipinski definition) is 1. The van der Waals surface area contributed by atoms with Crippen molar-refractivity contribution in [1.29, 1.82) is 0 Å². The molecule has 0 N–H and O–H groups in total. The van der Waals surface area contributed by atoms with Crippen molar-refractivity contribution >= 4 is 5.69 Å². The van der Waals surface area contributed by atoms with E-state index in [1.807, 2.05) is 31.5 Å². The van der Waals surface area contributed by atoms with Crippen molar-refractivity contribution < 1.29 is 0 Å². The summed E-state index contributed by atoms with van der Waals surface area (Å²) in [6.07, 6.45) is 7.11. The summed E-state index contributed by atoms with van der Waals surface area (Å²) < 4.78 is 0. The predicted molar refractivity (Wildman–Crippen MR) is 46.3 cm³/mol. The number of hydrogen-bond donors (Lipinski definition) is 0. The van der Waals surface area contributed by atoms with Crippen LogP contribution in [0.15, 0.2) is 36.5 Å². The Morgan fingerprint density at radius 1 is 1.27 bits per heavy atom. The molecule has 1 aromatic carbocycles. The first-order valence-corrected chi connectivity index (χ1v) is 3.63. The number of fused-ring (bicyclic) bond motifs is 1. The minimum Gasteiger partial charge on any atom is -0.351 e. The maximum Gasteiger partial charge on any atom is 0.0460 e. The van der Waals surface area contributed by atoms with Crippen LogP contribution in [0.25, 0.3) is 0 Å². The molecule has 2 rings (SSSR count). The molecule has 2 radical (unpaired) electrons. The van der Waals surface area contributed by atoms with Gasteiger partial charge < -0.3 is 4.90 Å². The van der Waals surface area contributed by atoms with E-state index in [1.54, 1.807) is 0 Å². The molecule has 0 unspecified atom stereocenters. The lowest BCUT2D eigenvalue weighted by atomic mass is 10.1. The van der Waals surface area contributed by atoms with Crippen LogP contribution in [-0.2, 0) is 0 Å². The van der Waals surface area contributed by atoms with E-state index in [4.69, 9.17) is 0 Å². The Kier molecular flexibility index (Phi) is 1.42. The molecule has 11 heavy (non-hydrogen) atoms. The summed E-state index contributed by atoms with van der Waals surface area (Å²) in [5.74, 6) is 0. The van der Waals surface area contributed by atoms with Gasteiger partial charge in [0.2, 0.25) is 0 Å². The van der Waals surface area contributed by atoms with E-state index in [9.17, 15) is 0 Å². The monoisotopic (exact) mass is 143 g/mol. The fraction of sp³-hybridized carbons (Fsp3) is 0.100. The third-order valence-corrected chi connectivity index (χ3v) is 1.82. The standard InChI is InChI=1S/C10H9N/c1-11-8-4-6-9-5-2-3-7-10(9)11/h2-5,7-8H,1H3. The third kappa shape index (κ3) is 1.03. The van der Waals surface area contributed by atoms with Gasteiger partial charge in [-0.25, -0.2) is 0 Å². The molecule has 0 saturated heterocycles. The number of rotatable bonds is 0. The molecule has 0 aromatic heterocycles. The topological polar surface area (TPSA) is 3.24 Å². The summed E-state index contributed by atoms with van der Waals surface area (Å²) in [6.45, 7) is 0. The molecular weight excluding hydrogens is 134 g/mol. The van der Waals surface area contributed by atoms with Crippen molar-refractivity contribution in [2.75, 3.05) is 11.9 Å². The summed E-state index contributed by atoms with van der Waals surface area (Å²) in [5, 5.41) is 0. The van der Waals surface area contributed by atoms with E-state index >= 15 is 0 Å². The van der Waals surface area contributed by atoms with Crippen LogP contribution >= 0.6 is 0 Å². The summed E-state index contributed by atoms with van der Waals surface area (Å²) in [4.78, 5) is 2.09. The first-order valence-electron chi connectivity index (χ1n) is 3.63. The maximum atomic E-state index is 3.17. The van der Waals surface area contributed by atoms with Gasteiger partial charge >= 0.3 is 0 Å². The molecule has 1 aliphatic heterocycles. The molecule has 1 aromatic rings. The average molecular weight is 143 g/mol. The van der Waals surface area contributed by atoms with Gasteiger partial charge in [0.05, 0.1) is 0 Å². The van der Waals surface area contributed by atoms with E-state index in [0.717, 1.165) is 5.56 Å². The van der Waals surface area contributed by atoms with Crippen LogP contribution < -0.4 is 4.90 Å². The average Bonchev–Trinajstić information content (AvgIpc) is 2.06. The molecular formula is C10H9N. The minimum absolute atomic E-state index is 1.16. The molecule has 0 saturated carbocycles. The Hall–Kier alpha value is -1.24. The molecule has 1 aliphatic rings. The second-order valence-electron chi connectivity index (χ2n) is 2.59. The third-order valence-electron chi connectivity index (χ3n) is 1.82. The first-order chi connectivity index (χ1) is 5.38. The zero-order chi connectivity index (χ0) is 7.68. The van der Waals surface area contributed by atoms with Crippen molar-refractivity contribution in [2.45, 2.75) is 0 Å². The lowest BCUT2D eigenvalue weighted by Gasteiger charge is -2.20. The van der Waals surface area contributed by atoms with E-state index in [2.05, 4.69) is 23.5 Å². The number of allylic oxidation sites excluding steroid dienone is 1. The second-order valence-corrected chi connectivity index (χ2v) is 2.59. The van der Waals surface area contributed by atoms with E-state index in [1.165, 1.54) is 5.69 Å². The fourth-order valence-electron chi connectivity index (χ4n) is 1.22. The summed E-state index contributed by atoms with van der Waals surface area (Å²) in [6, 6.07) is 8.22. The van der Waals surface area contributed by atoms with E-state index in [0.29, 0.717) is 0 Å². The molecule has 0 bridgehead atoms. The van der Waals surface area contributed by atoms with Crippen LogP contribution in [0, 0.1) is 6.42 Å². The summed E-state index contributed by atoms with van der Waals surface area (Å²) in [5.41, 5.74) is 2.38. The van der Waals surface area contributed by atoms with Crippen molar-refractivity contribution in [3.8, 4) is 0 Å². The molecule has 0 spiro atoms. The Balaban J connectivity index is 2.50. The molecule has 1 heteroatoms. The molecule has 1 nitrogen and oxygen atoms in total. The van der Waals surface area contributed by atoms with Gasteiger partial charge in [0.15, 0.2) is 0 Å². The van der Waals surface area contributed by atoms with Crippen LogP contribution in [0.1, 0.15) is 5.56 Å². The lowest BCUT2D eigenvalue weighted by Crippen LogP contribution is -2.12. The largest absolute Gasteiger partial charge is 0.351 e. The molecule has 0 amide bonds. The van der Waals surface area contributed by atoms with Gasteiger partial charge in [-0.2, -0.15) is 0 Å². The highest BCUT2D eigenvalue weighted by atomic mass is 15.1. The normalized spacial score (nSPS) is 14.8. The lowest BCUT2D eigenvalue weighted by molar-refractivity contribution is 1.16. The van der Waals surface area contributed by atoms with Crippen molar-refractivity contribution in [1.82, 2.24) is 0 Å². The van der Waals surface area contributed by atoms with E-state index in [-0.39, 0.29) is 0 Å². The second kappa shape index (κ2) is 2.42. The van der Waals surface area contributed by atoms with Crippen LogP contribution in [0.2, 0.25) is 0 Å². The number of benzene rings is 1. The van der Waals surface area contributed by atoms with Crippen molar-refractivity contribution in [3.05, 3.63) is 48.5 Å². The van der Waals surface area contributed by atoms with Crippen molar-refractivity contribution in [2.24, 2.45) is 0 Å². The summed E-state index contributed by atoms with van der Waals surface area (Å²) in [7, 11) is 2.04. The van der Waals surface area contributed by atoms with Gasteiger partial charge in [-0.1, -0.05) is 24.3 Å². The highest BCUT2D eigenvalue weighted by Gasteiger charge is 2.07. The number of para-hydroxylation sites is 1. The minimum atomic E-state index is 1.16. The number of nitrogens with zero attached hydrogens (tertiary/aromatic N) is 1. The smallest absolute Gasteiger partial charge is 0.0460 e. The van der Waals surface area contributed by atoms with Crippen molar-refractivity contribution in [3.63, 3.8) is 0 Å². The van der Waals surface area contributed by atoms with Crippen LogP contribution in [0.4, 0.5) is 5.69 Å². The highest BCUT2D eigenvalue weighted by Crippen LogP contribution is 2.24. The molecule has 54 valence electrons. The molecule has 0 fully saturated rings. The van der Waals surface area contributed by atoms with Gasteiger partial charge in [-0.15, -0.1) is 0 Å². The summed E-state index contributed by atoms with van der Waals surface area (Å²) >= 11 is 0. The molecule has 0 atom stereocenters. The van der Waals surface area contributed by atoms with Gasteiger partial charge in [-0.05, 0) is 11.6 Å². The zero-order valence-corrected chi connectivity index (χ0v) is 6.41. The molecule has 0 aliphatic carbocycles. The predicted octanol–water partition coefficient (Wildman–Crippen LogP) is 2.08. The van der Waals surface area contributed by atoms with E-state index < -0.39 is 0 Å². The highest BCUT2D eigenvalue weighted by molar-refractivity contribution is 5.61. The zero-order valence-electron chi connectivity index (χ0n) is 6.41. The van der Waals surface area contributed by atoms with Crippen LogP contribution in [0.3, 0.4) is 0 Å². The SMILES string of the molecule is CN1C=C[C]c2ccccc21. The Morgan fingerprint density at radius 3 is 2.91 bits per heavy atom. The Labute approximate surface area is 67.0 Å². The Bertz CT molecular complexity index is 289. The first kappa shape index (κ1) is 6.47. The van der Waals surface area contributed by atoms with Gasteiger partial charge in [0, 0.05) is 25.4 Å². The van der Waals surface area contributed by atoms with Gasteiger partial charge in [0.1, 0.15) is 0 Å². The maximum absolute atomic E-state index is 3.17.